The molecule has 1 amide bonds. The number of nitrogens with zero attached hydrogens (tertiary/aromatic N) is 1. The number of quaternary nitrogens is 1. The third kappa shape index (κ3) is 11.9. The SMILES string of the molecule is CC=CC(=O)NCCC[N+](C)(C)CCCS(=O)(=O)[O-]. The third-order valence-corrected chi connectivity index (χ3v) is 3.50. The molecule has 0 unspecified atom stereocenters. The van der Waals surface area contributed by atoms with Gasteiger partial charge in [-0.15, -0.1) is 0 Å². The van der Waals surface area contributed by atoms with Gasteiger partial charge < -0.3 is 14.4 Å². The van der Waals surface area contributed by atoms with E-state index in [0.29, 0.717) is 24.0 Å². The van der Waals surface area contributed by atoms with Crippen molar-refractivity contribution < 1.29 is 22.2 Å². The highest BCUT2D eigenvalue weighted by molar-refractivity contribution is 7.85. The van der Waals surface area contributed by atoms with Gasteiger partial charge in [0.05, 0.1) is 37.3 Å². The number of rotatable bonds is 9. The summed E-state index contributed by atoms with van der Waals surface area (Å²) in [6, 6.07) is 0. The summed E-state index contributed by atoms with van der Waals surface area (Å²) in [5.74, 6) is -0.419. The number of hydrogen-bond acceptors (Lipinski definition) is 4. The van der Waals surface area contributed by atoms with Crippen LogP contribution in [0.4, 0.5) is 0 Å². The first-order valence-corrected chi connectivity index (χ1v) is 7.90. The first kappa shape index (κ1) is 18.1. The molecule has 0 radical (unpaired) electrons. The number of carbonyl (C=O) groups excluding carboxylic acids is 1. The molecule has 19 heavy (non-hydrogen) atoms. The number of amides is 1. The Hall–Kier alpha value is -0.920. The van der Waals surface area contributed by atoms with Gasteiger partial charge in [0.25, 0.3) is 0 Å². The molecule has 0 saturated heterocycles. The lowest BCUT2D eigenvalue weighted by molar-refractivity contribution is -0.890. The monoisotopic (exact) mass is 292 g/mol. The predicted octanol–water partition coefficient (Wildman–Crippen LogP) is 0.0805. The van der Waals surface area contributed by atoms with Crippen LogP contribution in [0.15, 0.2) is 12.2 Å². The molecule has 0 aliphatic rings. The molecule has 0 fully saturated rings. The maximum Gasteiger partial charge on any atom is 0.243 e. The minimum atomic E-state index is -4.11. The molecule has 0 aromatic rings. The van der Waals surface area contributed by atoms with Crippen LogP contribution in [0.5, 0.6) is 0 Å². The molecule has 0 spiro atoms. The molecule has 6 nitrogen and oxygen atoms in total. The van der Waals surface area contributed by atoms with Crippen molar-refractivity contribution in [3.8, 4) is 0 Å². The van der Waals surface area contributed by atoms with Crippen LogP contribution >= 0.6 is 0 Å². The fourth-order valence-corrected chi connectivity index (χ4v) is 2.19. The lowest BCUT2D eigenvalue weighted by Crippen LogP contribution is -2.43. The normalized spacial score (nSPS) is 12.8. The van der Waals surface area contributed by atoms with E-state index in [1.807, 2.05) is 14.1 Å². The van der Waals surface area contributed by atoms with Crippen LogP contribution in [-0.4, -0.2) is 62.8 Å². The van der Waals surface area contributed by atoms with Gasteiger partial charge >= 0.3 is 0 Å². The fourth-order valence-electron chi connectivity index (χ4n) is 1.71. The van der Waals surface area contributed by atoms with Crippen LogP contribution in [0.3, 0.4) is 0 Å². The summed E-state index contributed by atoms with van der Waals surface area (Å²) >= 11 is 0. The van der Waals surface area contributed by atoms with Gasteiger partial charge in [0.15, 0.2) is 0 Å². The summed E-state index contributed by atoms with van der Waals surface area (Å²) in [6.07, 6.45) is 4.32. The van der Waals surface area contributed by atoms with Crippen LogP contribution in [0.1, 0.15) is 19.8 Å². The molecular formula is C12H24N2O4S. The lowest BCUT2D eigenvalue weighted by Gasteiger charge is -2.30. The van der Waals surface area contributed by atoms with E-state index in [1.165, 1.54) is 6.08 Å². The van der Waals surface area contributed by atoms with Gasteiger partial charge in [0.1, 0.15) is 0 Å². The second-order valence-electron chi connectivity index (χ2n) is 5.14. The molecular weight excluding hydrogens is 268 g/mol. The molecule has 7 heteroatoms. The van der Waals surface area contributed by atoms with Crippen LogP contribution < -0.4 is 5.32 Å². The summed E-state index contributed by atoms with van der Waals surface area (Å²) in [7, 11) is -0.159. The molecule has 0 aliphatic heterocycles. The zero-order chi connectivity index (χ0) is 14.9. The Morgan fingerprint density at radius 1 is 1.26 bits per heavy atom. The van der Waals surface area contributed by atoms with Gasteiger partial charge in [0.2, 0.25) is 5.91 Å². The van der Waals surface area contributed by atoms with E-state index >= 15 is 0 Å². The smallest absolute Gasteiger partial charge is 0.243 e. The van der Waals surface area contributed by atoms with E-state index in [2.05, 4.69) is 5.32 Å². The van der Waals surface area contributed by atoms with Crippen molar-refractivity contribution in [3.05, 3.63) is 12.2 Å². The van der Waals surface area contributed by atoms with E-state index in [0.717, 1.165) is 13.0 Å². The van der Waals surface area contributed by atoms with Crippen molar-refractivity contribution in [2.75, 3.05) is 39.5 Å². The van der Waals surface area contributed by atoms with Gasteiger partial charge in [-0.05, 0) is 13.0 Å². The van der Waals surface area contributed by atoms with Gasteiger partial charge in [-0.3, -0.25) is 4.79 Å². The van der Waals surface area contributed by atoms with Crippen LogP contribution in [0, 0.1) is 0 Å². The predicted molar refractivity (Wildman–Crippen MR) is 73.5 cm³/mol. The van der Waals surface area contributed by atoms with E-state index < -0.39 is 10.1 Å². The topological polar surface area (TPSA) is 86.3 Å². The Bertz CT molecular complexity index is 402. The number of nitrogens with one attached hydrogen (secondary N) is 1. The first-order chi connectivity index (χ1) is 8.66. The van der Waals surface area contributed by atoms with Crippen molar-refractivity contribution in [1.82, 2.24) is 5.32 Å². The van der Waals surface area contributed by atoms with Crippen molar-refractivity contribution in [2.24, 2.45) is 0 Å². The van der Waals surface area contributed by atoms with Gasteiger partial charge in [0, 0.05) is 25.1 Å². The first-order valence-electron chi connectivity index (χ1n) is 6.32. The van der Waals surface area contributed by atoms with E-state index in [1.54, 1.807) is 13.0 Å². The molecule has 0 heterocycles. The molecule has 0 aliphatic carbocycles. The Kier molecular flexibility index (Phi) is 7.89. The average molecular weight is 292 g/mol. The quantitative estimate of drug-likeness (QED) is 0.282. The van der Waals surface area contributed by atoms with E-state index in [9.17, 15) is 17.8 Å². The van der Waals surface area contributed by atoms with Crippen molar-refractivity contribution in [1.29, 1.82) is 0 Å². The zero-order valence-corrected chi connectivity index (χ0v) is 12.7. The van der Waals surface area contributed by atoms with Gasteiger partial charge in [-0.25, -0.2) is 8.42 Å². The maximum absolute atomic E-state index is 11.1. The maximum atomic E-state index is 11.1. The number of allylic oxidation sites excluding steroid dienone is 1. The van der Waals surface area contributed by atoms with Gasteiger partial charge in [-0.2, -0.15) is 0 Å². The van der Waals surface area contributed by atoms with Crippen molar-refractivity contribution in [3.63, 3.8) is 0 Å². The largest absolute Gasteiger partial charge is 0.748 e. The van der Waals surface area contributed by atoms with Crippen molar-refractivity contribution in [2.45, 2.75) is 19.8 Å². The second kappa shape index (κ2) is 8.29. The summed E-state index contributed by atoms with van der Waals surface area (Å²) in [5.41, 5.74) is 0. The van der Waals surface area contributed by atoms with Gasteiger partial charge in [-0.1, -0.05) is 6.08 Å². The Morgan fingerprint density at radius 3 is 2.37 bits per heavy atom. The summed E-state index contributed by atoms with van der Waals surface area (Å²) in [5, 5.41) is 2.75. The fraction of sp³-hybridized carbons (Fsp3) is 0.750. The molecule has 0 saturated carbocycles. The standard InChI is InChI=1S/C12H24N2O4S/c1-4-7-12(15)13-8-5-9-14(2,3)10-6-11-19(16,17)18/h4,7H,5-6,8-11H2,1-3H3,(H-,13,15,16,17,18). The Balaban J connectivity index is 3.81. The van der Waals surface area contributed by atoms with E-state index in [4.69, 9.17) is 0 Å². The molecule has 0 aromatic carbocycles. The highest BCUT2D eigenvalue weighted by atomic mass is 32.2. The minimum absolute atomic E-state index is 0.106. The van der Waals surface area contributed by atoms with Crippen LogP contribution in [-0.2, 0) is 14.9 Å². The third-order valence-electron chi connectivity index (χ3n) is 2.72. The van der Waals surface area contributed by atoms with Crippen molar-refractivity contribution >= 4 is 16.0 Å². The number of hydrogen-bond donors (Lipinski definition) is 1. The molecule has 0 atom stereocenters. The molecule has 0 aromatic heterocycles. The summed E-state index contributed by atoms with van der Waals surface area (Å²) < 4.78 is 32.1. The Morgan fingerprint density at radius 2 is 1.84 bits per heavy atom. The molecule has 0 bridgehead atoms. The minimum Gasteiger partial charge on any atom is -0.748 e. The molecule has 112 valence electrons. The van der Waals surface area contributed by atoms with E-state index in [-0.39, 0.29) is 11.7 Å². The number of carbonyl (C=O) groups is 1. The molecule has 0 rings (SSSR count). The zero-order valence-electron chi connectivity index (χ0n) is 11.9. The second-order valence-corrected chi connectivity index (χ2v) is 6.67. The highest BCUT2D eigenvalue weighted by Gasteiger charge is 2.14. The lowest BCUT2D eigenvalue weighted by atomic mass is 10.3. The summed E-state index contributed by atoms with van der Waals surface area (Å²) in [4.78, 5) is 11.1. The van der Waals surface area contributed by atoms with Crippen LogP contribution in [0.25, 0.3) is 0 Å². The average Bonchev–Trinajstić information content (AvgIpc) is 2.22. The highest BCUT2D eigenvalue weighted by Crippen LogP contribution is 2.02. The molecule has 1 N–H and O–H groups in total. The Labute approximate surface area is 115 Å². The summed E-state index contributed by atoms with van der Waals surface area (Å²) in [6.45, 7) is 3.81. The van der Waals surface area contributed by atoms with Crippen LogP contribution in [0.2, 0.25) is 0 Å².